The van der Waals surface area contributed by atoms with Gasteiger partial charge in [-0.3, -0.25) is 9.69 Å². The molecule has 0 aromatic heterocycles. The van der Waals surface area contributed by atoms with Gasteiger partial charge < -0.3 is 20.9 Å². The van der Waals surface area contributed by atoms with E-state index in [0.29, 0.717) is 26.2 Å². The molecule has 6 heteroatoms. The summed E-state index contributed by atoms with van der Waals surface area (Å²) >= 11 is 0. The lowest BCUT2D eigenvalue weighted by Gasteiger charge is -2.20. The van der Waals surface area contributed by atoms with Crippen LogP contribution in [0.3, 0.4) is 0 Å². The first-order valence-corrected chi connectivity index (χ1v) is 6.60. The van der Waals surface area contributed by atoms with Crippen molar-refractivity contribution in [3.8, 4) is 0 Å². The lowest BCUT2D eigenvalue weighted by molar-refractivity contribution is -0.117. The highest BCUT2D eigenvalue weighted by atomic mass is 16.5. The number of benzene rings is 1. The van der Waals surface area contributed by atoms with E-state index < -0.39 is 0 Å². The first-order valence-electron chi connectivity index (χ1n) is 6.60. The van der Waals surface area contributed by atoms with Gasteiger partial charge in [0.25, 0.3) is 0 Å². The van der Waals surface area contributed by atoms with Crippen LogP contribution in [0.1, 0.15) is 5.56 Å². The van der Waals surface area contributed by atoms with Gasteiger partial charge in [0.1, 0.15) is 0 Å². The van der Waals surface area contributed by atoms with Crippen LogP contribution in [-0.2, 0) is 16.1 Å². The van der Waals surface area contributed by atoms with Crippen molar-refractivity contribution in [2.24, 2.45) is 5.73 Å². The maximum atomic E-state index is 11.9. The number of amides is 1. The zero-order chi connectivity index (χ0) is 14.8. The van der Waals surface area contributed by atoms with E-state index in [4.69, 9.17) is 15.6 Å². The quantitative estimate of drug-likeness (QED) is 0.594. The van der Waals surface area contributed by atoms with Gasteiger partial charge in [-0.25, -0.2) is 0 Å². The maximum Gasteiger partial charge on any atom is 0.238 e. The highest BCUT2D eigenvalue weighted by Gasteiger charge is 2.10. The predicted molar refractivity (Wildman–Crippen MR) is 78.4 cm³/mol. The molecule has 0 aliphatic rings. The third-order valence-corrected chi connectivity index (χ3v) is 2.87. The van der Waals surface area contributed by atoms with E-state index in [0.717, 1.165) is 11.3 Å². The van der Waals surface area contributed by atoms with Gasteiger partial charge in [-0.1, -0.05) is 12.1 Å². The molecule has 112 valence electrons. The maximum absolute atomic E-state index is 11.9. The predicted octanol–water partition coefficient (Wildman–Crippen LogP) is 0.0245. The van der Waals surface area contributed by atoms with Gasteiger partial charge in [0.15, 0.2) is 0 Å². The Morgan fingerprint density at radius 3 is 2.60 bits per heavy atom. The standard InChI is InChI=1S/C14H23N3O3/c1-20-9-7-17(6-8-18)11-14(19)16-13-4-2-12(10-15)3-5-13/h2-5,18H,6-11,15H2,1H3,(H,16,19). The molecular formula is C14H23N3O3. The molecule has 0 aliphatic carbocycles. The molecule has 1 aromatic carbocycles. The SMILES string of the molecule is COCCN(CCO)CC(=O)Nc1ccc(CN)cc1. The minimum Gasteiger partial charge on any atom is -0.395 e. The number of aliphatic hydroxyl groups excluding tert-OH is 1. The van der Waals surface area contributed by atoms with Gasteiger partial charge in [0.05, 0.1) is 19.8 Å². The summed E-state index contributed by atoms with van der Waals surface area (Å²) in [6, 6.07) is 7.41. The summed E-state index contributed by atoms with van der Waals surface area (Å²) in [5, 5.41) is 11.8. The molecule has 0 heterocycles. The average molecular weight is 281 g/mol. The fourth-order valence-electron chi connectivity index (χ4n) is 1.76. The largest absolute Gasteiger partial charge is 0.395 e. The van der Waals surface area contributed by atoms with E-state index >= 15 is 0 Å². The van der Waals surface area contributed by atoms with Crippen LogP contribution >= 0.6 is 0 Å². The number of methoxy groups -OCH3 is 1. The first-order chi connectivity index (χ1) is 9.69. The molecule has 0 saturated heterocycles. The van der Waals surface area contributed by atoms with Gasteiger partial charge in [-0.05, 0) is 17.7 Å². The van der Waals surface area contributed by atoms with Gasteiger partial charge in [-0.15, -0.1) is 0 Å². The van der Waals surface area contributed by atoms with E-state index in [2.05, 4.69) is 5.32 Å². The monoisotopic (exact) mass is 281 g/mol. The minimum absolute atomic E-state index is 0.0161. The van der Waals surface area contributed by atoms with Crippen molar-refractivity contribution in [3.63, 3.8) is 0 Å². The van der Waals surface area contributed by atoms with E-state index in [9.17, 15) is 4.79 Å². The molecule has 1 amide bonds. The lowest BCUT2D eigenvalue weighted by atomic mass is 10.2. The van der Waals surface area contributed by atoms with Gasteiger partial charge in [0.2, 0.25) is 5.91 Å². The van der Waals surface area contributed by atoms with Gasteiger partial charge in [0, 0.05) is 32.4 Å². The van der Waals surface area contributed by atoms with Crippen molar-refractivity contribution in [3.05, 3.63) is 29.8 Å². The van der Waals surface area contributed by atoms with E-state index in [1.54, 1.807) is 7.11 Å². The molecule has 0 radical (unpaired) electrons. The van der Waals surface area contributed by atoms with Crippen LogP contribution in [0.5, 0.6) is 0 Å². The van der Waals surface area contributed by atoms with Crippen molar-refractivity contribution in [1.29, 1.82) is 0 Å². The molecule has 4 N–H and O–H groups in total. The number of anilines is 1. The van der Waals surface area contributed by atoms with Crippen molar-refractivity contribution in [2.75, 3.05) is 45.3 Å². The van der Waals surface area contributed by atoms with Crippen molar-refractivity contribution in [2.45, 2.75) is 6.54 Å². The molecular weight excluding hydrogens is 258 g/mol. The summed E-state index contributed by atoms with van der Waals surface area (Å²) in [4.78, 5) is 13.8. The summed E-state index contributed by atoms with van der Waals surface area (Å²) in [7, 11) is 1.61. The second kappa shape index (κ2) is 9.44. The number of carbonyl (C=O) groups is 1. The molecule has 0 fully saturated rings. The fourth-order valence-corrected chi connectivity index (χ4v) is 1.76. The fraction of sp³-hybridized carbons (Fsp3) is 0.500. The Morgan fingerprint density at radius 1 is 1.35 bits per heavy atom. The van der Waals surface area contributed by atoms with Crippen LogP contribution in [-0.4, -0.2) is 55.9 Å². The van der Waals surface area contributed by atoms with Crippen LogP contribution in [0.2, 0.25) is 0 Å². The lowest BCUT2D eigenvalue weighted by Crippen LogP contribution is -2.37. The highest BCUT2D eigenvalue weighted by molar-refractivity contribution is 5.92. The number of rotatable bonds is 9. The Hall–Kier alpha value is -1.47. The Labute approximate surface area is 119 Å². The van der Waals surface area contributed by atoms with Crippen LogP contribution in [0.15, 0.2) is 24.3 Å². The number of ether oxygens (including phenoxy) is 1. The molecule has 0 bridgehead atoms. The molecule has 1 aromatic rings. The first kappa shape index (κ1) is 16.6. The topological polar surface area (TPSA) is 87.8 Å². The summed E-state index contributed by atoms with van der Waals surface area (Å²) < 4.78 is 4.98. The van der Waals surface area contributed by atoms with Gasteiger partial charge >= 0.3 is 0 Å². The van der Waals surface area contributed by atoms with Crippen LogP contribution in [0.4, 0.5) is 5.69 Å². The molecule has 0 spiro atoms. The second-order valence-electron chi connectivity index (χ2n) is 4.44. The molecule has 20 heavy (non-hydrogen) atoms. The highest BCUT2D eigenvalue weighted by Crippen LogP contribution is 2.09. The molecule has 6 nitrogen and oxygen atoms in total. The molecule has 0 unspecified atom stereocenters. The van der Waals surface area contributed by atoms with E-state index in [1.165, 1.54) is 0 Å². The van der Waals surface area contributed by atoms with Crippen LogP contribution in [0, 0.1) is 0 Å². The van der Waals surface area contributed by atoms with Crippen molar-refractivity contribution in [1.82, 2.24) is 4.90 Å². The number of nitrogens with one attached hydrogen (secondary N) is 1. The second-order valence-corrected chi connectivity index (χ2v) is 4.44. The Kier molecular flexibility index (Phi) is 7.82. The average Bonchev–Trinajstić information content (AvgIpc) is 2.45. The summed E-state index contributed by atoms with van der Waals surface area (Å²) in [5.74, 6) is -0.116. The smallest absolute Gasteiger partial charge is 0.238 e. The van der Waals surface area contributed by atoms with Crippen molar-refractivity contribution >= 4 is 11.6 Å². The molecule has 0 aliphatic heterocycles. The Bertz CT molecular complexity index is 395. The number of hydrogen-bond acceptors (Lipinski definition) is 5. The minimum atomic E-state index is -0.116. The zero-order valence-electron chi connectivity index (χ0n) is 11.8. The van der Waals surface area contributed by atoms with E-state index in [-0.39, 0.29) is 19.1 Å². The normalized spacial score (nSPS) is 10.8. The summed E-state index contributed by atoms with van der Waals surface area (Å²) in [5.41, 5.74) is 7.27. The third-order valence-electron chi connectivity index (χ3n) is 2.87. The van der Waals surface area contributed by atoms with Crippen molar-refractivity contribution < 1.29 is 14.6 Å². The van der Waals surface area contributed by atoms with Crippen LogP contribution < -0.4 is 11.1 Å². The Morgan fingerprint density at radius 2 is 2.05 bits per heavy atom. The number of carbonyl (C=O) groups excluding carboxylic acids is 1. The summed E-state index contributed by atoms with van der Waals surface area (Å²) in [6.07, 6.45) is 0. The van der Waals surface area contributed by atoms with Crippen LogP contribution in [0.25, 0.3) is 0 Å². The number of nitrogens with zero attached hydrogens (tertiary/aromatic N) is 1. The summed E-state index contributed by atoms with van der Waals surface area (Å²) in [6.45, 7) is 2.30. The number of nitrogens with two attached hydrogens (primary N) is 1. The van der Waals surface area contributed by atoms with E-state index in [1.807, 2.05) is 29.2 Å². The number of aliphatic hydroxyl groups is 1. The van der Waals surface area contributed by atoms with Gasteiger partial charge in [-0.2, -0.15) is 0 Å². The molecule has 0 atom stereocenters. The molecule has 1 rings (SSSR count). The Balaban J connectivity index is 2.46. The third kappa shape index (κ3) is 6.12. The zero-order valence-corrected chi connectivity index (χ0v) is 11.8. The molecule has 0 saturated carbocycles. The number of hydrogen-bond donors (Lipinski definition) is 3.